The fourth-order valence-electron chi connectivity index (χ4n) is 5.52. The van der Waals surface area contributed by atoms with E-state index in [2.05, 4.69) is 10.6 Å². The lowest BCUT2D eigenvalue weighted by molar-refractivity contribution is -0.147. The van der Waals surface area contributed by atoms with Gasteiger partial charge in [0.15, 0.2) is 5.72 Å². The van der Waals surface area contributed by atoms with E-state index in [1.165, 1.54) is 0 Å². The second-order valence-corrected chi connectivity index (χ2v) is 9.05. The first-order valence-corrected chi connectivity index (χ1v) is 11.0. The van der Waals surface area contributed by atoms with Gasteiger partial charge >= 0.3 is 0 Å². The number of carbonyl (C=O) groups excluding carboxylic acids is 2. The Morgan fingerprint density at radius 1 is 1.27 bits per heavy atom. The zero-order chi connectivity index (χ0) is 20.7. The number of nitrogens with one attached hydrogen (secondary N) is 2. The number of amides is 2. The van der Waals surface area contributed by atoms with Crippen LogP contribution in [0, 0.1) is 17.8 Å². The maximum Gasteiger partial charge on any atom is 0.258 e. The number of hydrogen-bond donors (Lipinski definition) is 2. The number of para-hydroxylation sites is 1. The zero-order valence-corrected chi connectivity index (χ0v) is 17.2. The van der Waals surface area contributed by atoms with Crippen LogP contribution in [0.25, 0.3) is 0 Å². The molecule has 3 aliphatic carbocycles. The summed E-state index contributed by atoms with van der Waals surface area (Å²) in [5, 5.41) is 6.36. The Morgan fingerprint density at radius 3 is 2.90 bits per heavy atom. The Morgan fingerprint density at radius 2 is 2.13 bits per heavy atom. The molecule has 0 saturated heterocycles. The number of aryl methyl sites for hydroxylation is 1. The second kappa shape index (κ2) is 7.49. The van der Waals surface area contributed by atoms with Crippen molar-refractivity contribution in [1.82, 2.24) is 10.6 Å². The predicted molar refractivity (Wildman–Crippen MR) is 111 cm³/mol. The van der Waals surface area contributed by atoms with Gasteiger partial charge in [-0.05, 0) is 62.8 Å². The molecule has 1 aromatic heterocycles. The first kappa shape index (κ1) is 19.2. The van der Waals surface area contributed by atoms with E-state index in [-0.39, 0.29) is 35.6 Å². The second-order valence-electron chi connectivity index (χ2n) is 9.05. The summed E-state index contributed by atoms with van der Waals surface area (Å²) in [6, 6.07) is 11.3. The number of furan rings is 1. The first-order chi connectivity index (χ1) is 14.5. The van der Waals surface area contributed by atoms with Gasteiger partial charge < -0.3 is 19.8 Å². The monoisotopic (exact) mass is 408 g/mol. The summed E-state index contributed by atoms with van der Waals surface area (Å²) in [6.07, 6.45) is 6.77. The van der Waals surface area contributed by atoms with Crippen molar-refractivity contribution in [2.75, 3.05) is 0 Å². The largest absolute Gasteiger partial charge is 0.469 e. The van der Waals surface area contributed by atoms with Crippen LogP contribution in [-0.2, 0) is 11.2 Å². The maximum absolute atomic E-state index is 13.0. The highest BCUT2D eigenvalue weighted by molar-refractivity contribution is 5.98. The summed E-state index contributed by atoms with van der Waals surface area (Å²) in [7, 11) is 0. The Hall–Kier alpha value is -2.76. The van der Waals surface area contributed by atoms with Gasteiger partial charge in [-0.25, -0.2) is 0 Å². The average Bonchev–Trinajstić information content (AvgIpc) is 3.26. The van der Waals surface area contributed by atoms with Gasteiger partial charge in [0.2, 0.25) is 5.91 Å². The fraction of sp³-hybridized carbons (Fsp3) is 0.500. The lowest BCUT2D eigenvalue weighted by Crippen LogP contribution is -2.67. The van der Waals surface area contributed by atoms with Crippen LogP contribution in [0.15, 0.2) is 47.1 Å². The van der Waals surface area contributed by atoms with Crippen LogP contribution in [0.3, 0.4) is 0 Å². The van der Waals surface area contributed by atoms with Gasteiger partial charge in [0, 0.05) is 30.7 Å². The van der Waals surface area contributed by atoms with Gasteiger partial charge in [-0.2, -0.15) is 0 Å². The Balaban J connectivity index is 1.23. The molecule has 0 radical (unpaired) electrons. The molecule has 1 spiro atoms. The van der Waals surface area contributed by atoms with E-state index in [9.17, 15) is 9.59 Å². The van der Waals surface area contributed by atoms with Crippen LogP contribution >= 0.6 is 0 Å². The molecule has 6 heteroatoms. The minimum Gasteiger partial charge on any atom is -0.469 e. The minimum atomic E-state index is -0.671. The summed E-state index contributed by atoms with van der Waals surface area (Å²) < 4.78 is 11.8. The molecule has 5 atom stereocenters. The molecule has 2 bridgehead atoms. The molecular weight excluding hydrogens is 380 g/mol. The normalized spacial score (nSPS) is 30.3. The van der Waals surface area contributed by atoms with E-state index in [4.69, 9.17) is 9.15 Å². The van der Waals surface area contributed by atoms with E-state index in [1.807, 2.05) is 37.3 Å². The molecule has 2 aromatic rings. The smallest absolute Gasteiger partial charge is 0.258 e. The molecule has 1 aliphatic heterocycles. The van der Waals surface area contributed by atoms with Crippen LogP contribution < -0.4 is 15.4 Å². The third-order valence-electron chi connectivity index (χ3n) is 7.10. The number of ether oxygens (including phenoxy) is 1. The molecule has 3 saturated carbocycles. The number of carbonyl (C=O) groups is 2. The van der Waals surface area contributed by atoms with Crippen molar-refractivity contribution in [2.45, 2.75) is 57.2 Å². The molecular formula is C24H28N2O4. The summed E-state index contributed by atoms with van der Waals surface area (Å²) in [4.78, 5) is 25.7. The highest BCUT2D eigenvalue weighted by atomic mass is 16.5. The Labute approximate surface area is 176 Å². The lowest BCUT2D eigenvalue weighted by Gasteiger charge is -2.55. The summed E-state index contributed by atoms with van der Waals surface area (Å²) in [6.45, 7) is 2.05. The van der Waals surface area contributed by atoms with Crippen molar-refractivity contribution in [2.24, 2.45) is 17.8 Å². The van der Waals surface area contributed by atoms with E-state index >= 15 is 0 Å². The third kappa shape index (κ3) is 3.38. The maximum atomic E-state index is 13.0. The third-order valence-corrected chi connectivity index (χ3v) is 7.10. The predicted octanol–water partition coefficient (Wildman–Crippen LogP) is 3.67. The van der Waals surface area contributed by atoms with Crippen molar-refractivity contribution in [1.29, 1.82) is 0 Å². The first-order valence-electron chi connectivity index (χ1n) is 11.0. The van der Waals surface area contributed by atoms with E-state index in [0.717, 1.165) is 37.9 Å². The van der Waals surface area contributed by atoms with Crippen LogP contribution in [0.1, 0.15) is 55.1 Å². The Kier molecular flexibility index (Phi) is 4.80. The number of hydrogen-bond acceptors (Lipinski definition) is 4. The molecule has 158 valence electrons. The van der Waals surface area contributed by atoms with Crippen molar-refractivity contribution in [3.8, 4) is 5.75 Å². The highest BCUT2D eigenvalue weighted by Gasteiger charge is 2.57. The highest BCUT2D eigenvalue weighted by Crippen LogP contribution is 2.52. The van der Waals surface area contributed by atoms with Gasteiger partial charge in [0.05, 0.1) is 11.8 Å². The number of benzene rings is 1. The van der Waals surface area contributed by atoms with E-state index < -0.39 is 5.72 Å². The molecule has 2 amide bonds. The molecule has 6 nitrogen and oxygen atoms in total. The number of fused-ring (bicyclic) bond motifs is 3. The molecule has 1 aromatic carbocycles. The van der Waals surface area contributed by atoms with Crippen molar-refractivity contribution < 1.29 is 18.7 Å². The summed E-state index contributed by atoms with van der Waals surface area (Å²) in [5.41, 5.74) is -0.0833. The summed E-state index contributed by atoms with van der Waals surface area (Å²) in [5.74, 6) is 2.01. The van der Waals surface area contributed by atoms with Gasteiger partial charge in [-0.3, -0.25) is 9.59 Å². The molecule has 4 aliphatic rings. The van der Waals surface area contributed by atoms with Crippen molar-refractivity contribution in [3.63, 3.8) is 0 Å². The van der Waals surface area contributed by atoms with Gasteiger partial charge in [-0.15, -0.1) is 0 Å². The topological polar surface area (TPSA) is 80.6 Å². The van der Waals surface area contributed by atoms with Crippen molar-refractivity contribution >= 4 is 11.8 Å². The molecule has 30 heavy (non-hydrogen) atoms. The Bertz CT molecular complexity index is 940. The zero-order valence-electron chi connectivity index (χ0n) is 17.2. The van der Waals surface area contributed by atoms with E-state index in [0.29, 0.717) is 17.7 Å². The van der Waals surface area contributed by atoms with Crippen LogP contribution in [0.5, 0.6) is 5.75 Å². The van der Waals surface area contributed by atoms with Gasteiger partial charge in [0.25, 0.3) is 5.91 Å². The molecule has 2 N–H and O–H groups in total. The molecule has 3 fully saturated rings. The summed E-state index contributed by atoms with van der Waals surface area (Å²) >= 11 is 0. The van der Waals surface area contributed by atoms with Crippen LogP contribution in [0.4, 0.5) is 0 Å². The molecule has 0 unspecified atom stereocenters. The standard InChI is InChI=1S/C24H28N2O4/c1-15(8-11-18-5-4-12-29-18)25-22(27)20-13-17-10-9-16(20)14-24(17)26-23(28)19-6-2-3-7-21(19)30-24/h2-7,12,15-17,20H,8-11,13-14H2,1H3,(H,25,27)(H,26,28)/t15-,16+,17-,20-,24+/m1/s1. The average molecular weight is 408 g/mol. The number of rotatable bonds is 5. The van der Waals surface area contributed by atoms with E-state index in [1.54, 1.807) is 12.3 Å². The van der Waals surface area contributed by atoms with Crippen LogP contribution in [0.2, 0.25) is 0 Å². The van der Waals surface area contributed by atoms with Crippen LogP contribution in [-0.4, -0.2) is 23.6 Å². The molecule has 2 heterocycles. The van der Waals surface area contributed by atoms with Crippen molar-refractivity contribution in [3.05, 3.63) is 54.0 Å². The fourth-order valence-corrected chi connectivity index (χ4v) is 5.52. The molecule has 6 rings (SSSR count). The SMILES string of the molecule is C[C@H](CCc1ccco1)NC(=O)[C@@H]1C[C@H]2CC[C@H]1C[C@@]21NC(=O)c2ccccc2O1. The quantitative estimate of drug-likeness (QED) is 0.791. The lowest BCUT2D eigenvalue weighted by atomic mass is 9.60. The van der Waals surface area contributed by atoms with Gasteiger partial charge in [0.1, 0.15) is 11.5 Å². The minimum absolute atomic E-state index is 0.0156. The van der Waals surface area contributed by atoms with Gasteiger partial charge in [-0.1, -0.05) is 12.1 Å².